The fraction of sp³-hybridized carbons (Fsp3) is 0.900. The molecule has 0 spiro atoms. The number of ether oxygens (including phenoxy) is 1. The largest absolute Gasteiger partial charge is 0.481 e. The van der Waals surface area contributed by atoms with Crippen LogP contribution in [0.1, 0.15) is 33.6 Å². The monoisotopic (exact) mass is 186 g/mol. The quantitative estimate of drug-likeness (QED) is 0.732. The van der Waals surface area contributed by atoms with Crippen molar-refractivity contribution in [1.82, 2.24) is 0 Å². The summed E-state index contributed by atoms with van der Waals surface area (Å²) in [4.78, 5) is 10.5. The minimum atomic E-state index is -0.660. The van der Waals surface area contributed by atoms with Crippen molar-refractivity contribution in [3.63, 3.8) is 0 Å². The summed E-state index contributed by atoms with van der Waals surface area (Å²) in [7, 11) is 0. The first-order valence-corrected chi connectivity index (χ1v) is 4.75. The lowest BCUT2D eigenvalue weighted by atomic mass is 9.75. The fourth-order valence-corrected chi connectivity index (χ4v) is 1.44. The van der Waals surface area contributed by atoms with E-state index in [-0.39, 0.29) is 11.5 Å². The molecule has 1 N–H and O–H groups in total. The maximum absolute atomic E-state index is 10.5. The molecule has 1 rings (SSSR count). The van der Waals surface area contributed by atoms with Crippen LogP contribution < -0.4 is 0 Å². The predicted molar refractivity (Wildman–Crippen MR) is 49.6 cm³/mol. The predicted octanol–water partition coefficient (Wildman–Crippen LogP) is 1.91. The van der Waals surface area contributed by atoms with Crippen LogP contribution in [0.3, 0.4) is 0 Å². The molecule has 0 radical (unpaired) electrons. The summed E-state index contributed by atoms with van der Waals surface area (Å²) >= 11 is 0. The van der Waals surface area contributed by atoms with Crippen LogP contribution in [0.5, 0.6) is 0 Å². The van der Waals surface area contributed by atoms with Gasteiger partial charge in [-0.2, -0.15) is 0 Å². The van der Waals surface area contributed by atoms with E-state index in [1.54, 1.807) is 0 Å². The van der Waals surface area contributed by atoms with Crippen LogP contribution in [0, 0.1) is 11.8 Å². The second-order valence-electron chi connectivity index (χ2n) is 4.80. The first kappa shape index (κ1) is 10.5. The molecule has 1 aliphatic carbocycles. The van der Waals surface area contributed by atoms with Crippen LogP contribution in [-0.4, -0.2) is 23.3 Å². The molecular weight excluding hydrogens is 168 g/mol. The highest BCUT2D eigenvalue weighted by Gasteiger charge is 2.34. The van der Waals surface area contributed by atoms with Crippen molar-refractivity contribution in [2.24, 2.45) is 11.8 Å². The molecule has 1 fully saturated rings. The zero-order valence-electron chi connectivity index (χ0n) is 8.54. The van der Waals surface area contributed by atoms with Crippen LogP contribution in [0.4, 0.5) is 0 Å². The molecule has 0 heterocycles. The maximum atomic E-state index is 10.5. The van der Waals surface area contributed by atoms with Crippen molar-refractivity contribution in [3.05, 3.63) is 0 Å². The van der Waals surface area contributed by atoms with Crippen molar-refractivity contribution in [1.29, 1.82) is 0 Å². The van der Waals surface area contributed by atoms with Crippen LogP contribution >= 0.6 is 0 Å². The Balaban J connectivity index is 2.12. The molecule has 0 bridgehead atoms. The number of carboxylic acids is 1. The molecule has 0 unspecified atom stereocenters. The topological polar surface area (TPSA) is 46.5 Å². The molecule has 1 aliphatic rings. The number of carboxylic acid groups (broad SMARTS) is 1. The van der Waals surface area contributed by atoms with Gasteiger partial charge in [-0.15, -0.1) is 0 Å². The van der Waals surface area contributed by atoms with Gasteiger partial charge < -0.3 is 9.84 Å². The van der Waals surface area contributed by atoms with Gasteiger partial charge in [0.1, 0.15) is 0 Å². The second kappa shape index (κ2) is 3.66. The van der Waals surface area contributed by atoms with Crippen molar-refractivity contribution >= 4 is 5.97 Å². The first-order valence-electron chi connectivity index (χ1n) is 4.75. The van der Waals surface area contributed by atoms with Gasteiger partial charge in [-0.05, 0) is 39.5 Å². The van der Waals surface area contributed by atoms with E-state index >= 15 is 0 Å². The zero-order chi connectivity index (χ0) is 10.1. The molecule has 0 aromatic heterocycles. The number of carbonyl (C=O) groups is 1. The van der Waals surface area contributed by atoms with Gasteiger partial charge in [0, 0.05) is 0 Å². The van der Waals surface area contributed by atoms with Gasteiger partial charge in [0.15, 0.2) is 0 Å². The van der Waals surface area contributed by atoms with Gasteiger partial charge >= 0.3 is 5.97 Å². The van der Waals surface area contributed by atoms with E-state index in [2.05, 4.69) is 0 Å². The summed E-state index contributed by atoms with van der Waals surface area (Å²) in [6.45, 7) is 6.74. The zero-order valence-corrected chi connectivity index (χ0v) is 8.54. The molecular formula is C10H18O3. The Bertz CT molecular complexity index is 187. The van der Waals surface area contributed by atoms with Crippen molar-refractivity contribution in [2.45, 2.75) is 39.2 Å². The highest BCUT2D eigenvalue weighted by Crippen LogP contribution is 2.34. The first-order chi connectivity index (χ1) is 5.88. The highest BCUT2D eigenvalue weighted by atomic mass is 16.5. The Hall–Kier alpha value is -0.570. The van der Waals surface area contributed by atoms with Gasteiger partial charge in [-0.1, -0.05) is 0 Å². The van der Waals surface area contributed by atoms with E-state index in [1.807, 2.05) is 20.8 Å². The summed E-state index contributed by atoms with van der Waals surface area (Å²) in [5.74, 6) is -0.319. The number of hydrogen-bond donors (Lipinski definition) is 1. The Morgan fingerprint density at radius 3 is 2.38 bits per heavy atom. The summed E-state index contributed by atoms with van der Waals surface area (Å²) in [6.07, 6.45) is 1.57. The van der Waals surface area contributed by atoms with E-state index in [4.69, 9.17) is 9.84 Å². The molecule has 0 saturated heterocycles. The Kier molecular flexibility index (Phi) is 2.96. The van der Waals surface area contributed by atoms with Crippen LogP contribution in [-0.2, 0) is 9.53 Å². The lowest BCUT2D eigenvalue weighted by Gasteiger charge is -2.34. The standard InChI is InChI=1S/C10H18O3/c1-10(2,3)13-6-7-4-8(5-7)9(11)12/h7-8H,4-6H2,1-3H3,(H,11,12). The van der Waals surface area contributed by atoms with E-state index in [1.165, 1.54) is 0 Å². The summed E-state index contributed by atoms with van der Waals surface area (Å²) < 4.78 is 5.57. The van der Waals surface area contributed by atoms with Crippen molar-refractivity contribution in [2.75, 3.05) is 6.61 Å². The molecule has 76 valence electrons. The van der Waals surface area contributed by atoms with Crippen LogP contribution in [0.15, 0.2) is 0 Å². The van der Waals surface area contributed by atoms with E-state index in [9.17, 15) is 4.79 Å². The third-order valence-electron chi connectivity index (χ3n) is 2.34. The molecule has 3 heteroatoms. The summed E-state index contributed by atoms with van der Waals surface area (Å²) in [5.41, 5.74) is -0.103. The molecule has 3 nitrogen and oxygen atoms in total. The van der Waals surface area contributed by atoms with Crippen LogP contribution in [0.2, 0.25) is 0 Å². The molecule has 13 heavy (non-hydrogen) atoms. The molecule has 0 aliphatic heterocycles. The third-order valence-corrected chi connectivity index (χ3v) is 2.34. The second-order valence-corrected chi connectivity index (χ2v) is 4.80. The summed E-state index contributed by atoms with van der Waals surface area (Å²) in [6, 6.07) is 0. The minimum absolute atomic E-state index is 0.103. The normalized spacial score (nSPS) is 28.2. The lowest BCUT2D eigenvalue weighted by molar-refractivity contribution is -0.148. The lowest BCUT2D eigenvalue weighted by Crippen LogP contribution is -2.35. The smallest absolute Gasteiger partial charge is 0.306 e. The van der Waals surface area contributed by atoms with Gasteiger partial charge in [0.25, 0.3) is 0 Å². The SMILES string of the molecule is CC(C)(C)OCC1CC(C(=O)O)C1. The third kappa shape index (κ3) is 3.35. The Morgan fingerprint density at radius 1 is 1.46 bits per heavy atom. The van der Waals surface area contributed by atoms with E-state index in [0.717, 1.165) is 12.8 Å². The number of hydrogen-bond acceptors (Lipinski definition) is 2. The molecule has 0 aromatic rings. The van der Waals surface area contributed by atoms with Gasteiger partial charge in [0.05, 0.1) is 18.1 Å². The minimum Gasteiger partial charge on any atom is -0.481 e. The Labute approximate surface area is 79.1 Å². The average molecular weight is 186 g/mol. The Morgan fingerprint density at radius 2 is 2.00 bits per heavy atom. The highest BCUT2D eigenvalue weighted by molar-refractivity contribution is 5.71. The fourth-order valence-electron chi connectivity index (χ4n) is 1.44. The molecule has 0 amide bonds. The maximum Gasteiger partial charge on any atom is 0.306 e. The summed E-state index contributed by atoms with van der Waals surface area (Å²) in [5, 5.41) is 8.64. The van der Waals surface area contributed by atoms with Gasteiger partial charge in [0.2, 0.25) is 0 Å². The average Bonchev–Trinajstić information content (AvgIpc) is 1.79. The van der Waals surface area contributed by atoms with Crippen LogP contribution in [0.25, 0.3) is 0 Å². The molecule has 0 aromatic carbocycles. The number of rotatable bonds is 3. The molecule has 0 atom stereocenters. The van der Waals surface area contributed by atoms with E-state index in [0.29, 0.717) is 12.5 Å². The van der Waals surface area contributed by atoms with Gasteiger partial charge in [-0.3, -0.25) is 4.79 Å². The van der Waals surface area contributed by atoms with Crippen molar-refractivity contribution < 1.29 is 14.6 Å². The number of aliphatic carboxylic acids is 1. The van der Waals surface area contributed by atoms with E-state index < -0.39 is 5.97 Å². The van der Waals surface area contributed by atoms with Gasteiger partial charge in [-0.25, -0.2) is 0 Å². The molecule has 1 saturated carbocycles. The van der Waals surface area contributed by atoms with Crippen molar-refractivity contribution in [3.8, 4) is 0 Å².